The normalized spacial score (nSPS) is 17.0. The molecule has 5 heteroatoms. The molecule has 0 rings (SSSR count). The van der Waals surface area contributed by atoms with Crippen molar-refractivity contribution in [3.8, 4) is 0 Å². The van der Waals surface area contributed by atoms with E-state index in [1.807, 2.05) is 0 Å². The van der Waals surface area contributed by atoms with Crippen molar-refractivity contribution in [3.05, 3.63) is 0 Å². The first-order valence-electron chi connectivity index (χ1n) is 1.44. The fraction of sp³-hybridized carbons (Fsp3) is 1.00. The van der Waals surface area contributed by atoms with Gasteiger partial charge in [-0.15, -0.1) is 0 Å². The summed E-state index contributed by atoms with van der Waals surface area (Å²) in [4.78, 5) is 9.78. The molecule has 0 radical (unpaired) electrons. The molecule has 1 atom stereocenters. The standard InChI is InChI=1S/C2H7O3P.K/c1-6(4,5)2-3;/h3H,2H2,1H3,(H,4,5);/q;+1/p-1. The maximum absolute atomic E-state index is 9.78. The van der Waals surface area contributed by atoms with Gasteiger partial charge in [0.2, 0.25) is 0 Å². The number of aliphatic hydroxyl groups is 1. The van der Waals surface area contributed by atoms with Crippen LogP contribution in [0.5, 0.6) is 0 Å². The van der Waals surface area contributed by atoms with Crippen LogP contribution >= 0.6 is 7.37 Å². The minimum atomic E-state index is -3.34. The summed E-state index contributed by atoms with van der Waals surface area (Å²) in [6, 6.07) is 0. The van der Waals surface area contributed by atoms with Gasteiger partial charge in [0, 0.05) is 7.37 Å². The summed E-state index contributed by atoms with van der Waals surface area (Å²) in [7, 11) is -3.34. The SMILES string of the molecule is CP(=O)([O-])CO.[K+]. The van der Waals surface area contributed by atoms with Crippen molar-refractivity contribution in [2.75, 3.05) is 13.0 Å². The zero-order valence-electron chi connectivity index (χ0n) is 4.42. The minimum Gasteiger partial charge on any atom is -0.798 e. The molecule has 0 aromatic carbocycles. The summed E-state index contributed by atoms with van der Waals surface area (Å²) in [6.07, 6.45) is -0.729. The van der Waals surface area contributed by atoms with Gasteiger partial charge in [-0.25, -0.2) is 0 Å². The van der Waals surface area contributed by atoms with E-state index in [0.29, 0.717) is 0 Å². The molecule has 1 N–H and O–H groups in total. The summed E-state index contributed by atoms with van der Waals surface area (Å²) in [5.41, 5.74) is 0. The van der Waals surface area contributed by atoms with Gasteiger partial charge < -0.3 is 14.6 Å². The summed E-state index contributed by atoms with van der Waals surface area (Å²) < 4.78 is 9.78. The Morgan fingerprint density at radius 3 is 2.00 bits per heavy atom. The van der Waals surface area contributed by atoms with Crippen LogP contribution in [-0.2, 0) is 4.57 Å². The average molecular weight is 148 g/mol. The molecule has 0 aliphatic rings. The summed E-state index contributed by atoms with van der Waals surface area (Å²) in [5, 5.41) is 7.83. The van der Waals surface area contributed by atoms with Crippen LogP contribution in [-0.4, -0.2) is 18.1 Å². The summed E-state index contributed by atoms with van der Waals surface area (Å²) in [5.74, 6) is 0. The van der Waals surface area contributed by atoms with Crippen LogP contribution in [0, 0.1) is 0 Å². The minimum absolute atomic E-state index is 0. The smallest absolute Gasteiger partial charge is 0.798 e. The van der Waals surface area contributed by atoms with Crippen molar-refractivity contribution < 1.29 is 65.9 Å². The monoisotopic (exact) mass is 148 g/mol. The van der Waals surface area contributed by atoms with Gasteiger partial charge in [-0.1, -0.05) is 0 Å². The molecule has 38 valence electrons. The van der Waals surface area contributed by atoms with E-state index < -0.39 is 13.7 Å². The van der Waals surface area contributed by atoms with Gasteiger partial charge in [0.1, 0.15) is 0 Å². The first-order valence-corrected chi connectivity index (χ1v) is 3.70. The van der Waals surface area contributed by atoms with Crippen LogP contribution in [0.25, 0.3) is 0 Å². The van der Waals surface area contributed by atoms with Crippen molar-refractivity contribution in [3.63, 3.8) is 0 Å². The molecule has 0 aromatic heterocycles. The Morgan fingerprint density at radius 1 is 1.86 bits per heavy atom. The van der Waals surface area contributed by atoms with Crippen LogP contribution in [0.2, 0.25) is 0 Å². The second-order valence-corrected chi connectivity index (χ2v) is 3.47. The van der Waals surface area contributed by atoms with E-state index in [0.717, 1.165) is 6.66 Å². The van der Waals surface area contributed by atoms with E-state index in [9.17, 15) is 9.46 Å². The number of hydrogen-bond acceptors (Lipinski definition) is 3. The van der Waals surface area contributed by atoms with Crippen molar-refractivity contribution in [1.29, 1.82) is 0 Å². The fourth-order valence-electron chi connectivity index (χ4n) is 0. The Labute approximate surface area is 85.0 Å². The van der Waals surface area contributed by atoms with Crippen LogP contribution in [0.15, 0.2) is 0 Å². The van der Waals surface area contributed by atoms with Gasteiger partial charge in [0.25, 0.3) is 0 Å². The Kier molecular flexibility index (Phi) is 7.68. The van der Waals surface area contributed by atoms with Crippen molar-refractivity contribution in [2.45, 2.75) is 0 Å². The van der Waals surface area contributed by atoms with E-state index in [4.69, 9.17) is 5.11 Å². The maximum atomic E-state index is 9.78. The third kappa shape index (κ3) is 11.4. The van der Waals surface area contributed by atoms with Crippen molar-refractivity contribution in [2.24, 2.45) is 0 Å². The number of rotatable bonds is 1. The first-order chi connectivity index (χ1) is 2.56. The van der Waals surface area contributed by atoms with Crippen molar-refractivity contribution >= 4 is 7.37 Å². The molecular weight excluding hydrogens is 142 g/mol. The van der Waals surface area contributed by atoms with E-state index >= 15 is 0 Å². The van der Waals surface area contributed by atoms with E-state index in [1.165, 1.54) is 0 Å². The third-order valence-corrected chi connectivity index (χ3v) is 0.771. The van der Waals surface area contributed by atoms with Crippen LogP contribution in [0.4, 0.5) is 0 Å². The van der Waals surface area contributed by atoms with Crippen LogP contribution < -0.4 is 56.3 Å². The summed E-state index contributed by atoms with van der Waals surface area (Å²) >= 11 is 0. The topological polar surface area (TPSA) is 60.4 Å². The molecule has 0 spiro atoms. The predicted molar refractivity (Wildman–Crippen MR) is 20.6 cm³/mol. The Hall–Kier alpha value is 1.79. The molecule has 0 aliphatic carbocycles. The molecule has 0 fully saturated rings. The van der Waals surface area contributed by atoms with Crippen LogP contribution in [0.1, 0.15) is 0 Å². The van der Waals surface area contributed by atoms with E-state index in [2.05, 4.69) is 0 Å². The zero-order valence-corrected chi connectivity index (χ0v) is 8.44. The number of aliphatic hydroxyl groups excluding tert-OH is 1. The van der Waals surface area contributed by atoms with Crippen molar-refractivity contribution in [1.82, 2.24) is 0 Å². The van der Waals surface area contributed by atoms with Gasteiger partial charge in [-0.05, 0) is 6.66 Å². The molecular formula is C2H6KO3P. The predicted octanol–water partition coefficient (Wildman–Crippen LogP) is -3.79. The molecule has 0 amide bonds. The Morgan fingerprint density at radius 2 is 2.00 bits per heavy atom. The molecule has 0 heterocycles. The van der Waals surface area contributed by atoms with Crippen LogP contribution in [0.3, 0.4) is 0 Å². The summed E-state index contributed by atoms with van der Waals surface area (Å²) in [6.45, 7) is 0.993. The quantitative estimate of drug-likeness (QED) is 0.306. The average Bonchev–Trinajstić information content (AvgIpc) is 1.35. The van der Waals surface area contributed by atoms with Gasteiger partial charge in [-0.3, -0.25) is 0 Å². The largest absolute Gasteiger partial charge is 1.00 e. The van der Waals surface area contributed by atoms with Gasteiger partial charge in [0.05, 0.1) is 6.35 Å². The molecule has 0 saturated heterocycles. The molecule has 0 aliphatic heterocycles. The maximum Gasteiger partial charge on any atom is 1.00 e. The third-order valence-electron chi connectivity index (χ3n) is 0.257. The zero-order chi connectivity index (χ0) is 5.21. The molecule has 7 heavy (non-hydrogen) atoms. The second kappa shape index (κ2) is 4.65. The molecule has 0 aromatic rings. The second-order valence-electron chi connectivity index (χ2n) is 1.16. The molecule has 0 saturated carbocycles. The Bertz CT molecular complexity index is 77.0. The van der Waals surface area contributed by atoms with E-state index in [-0.39, 0.29) is 51.4 Å². The fourth-order valence-corrected chi connectivity index (χ4v) is 0. The molecule has 1 unspecified atom stereocenters. The Balaban J connectivity index is 0. The van der Waals surface area contributed by atoms with Gasteiger partial charge in [-0.2, -0.15) is 0 Å². The van der Waals surface area contributed by atoms with E-state index in [1.54, 1.807) is 0 Å². The first kappa shape index (κ1) is 11.6. The number of hydrogen-bond donors (Lipinski definition) is 1. The molecule has 0 bridgehead atoms. The molecule has 3 nitrogen and oxygen atoms in total. The van der Waals surface area contributed by atoms with Gasteiger partial charge >= 0.3 is 51.4 Å². The van der Waals surface area contributed by atoms with Gasteiger partial charge in [0.15, 0.2) is 0 Å².